The molecule has 1 heterocycles. The van der Waals surface area contributed by atoms with Gasteiger partial charge >= 0.3 is 11.9 Å². The van der Waals surface area contributed by atoms with Crippen LogP contribution in [0.4, 0.5) is 17.6 Å². The highest BCUT2D eigenvalue weighted by Crippen LogP contribution is 2.30. The van der Waals surface area contributed by atoms with E-state index in [9.17, 15) is 22.4 Å². The number of hydrogen-bond acceptors (Lipinski definition) is 1. The molecular weight excluding hydrogens is 240 g/mol. The predicted molar refractivity (Wildman–Crippen MR) is 51.3 cm³/mol. The SMILES string of the molecule is O=c1[nH]ccn1-c1cc(C(F)(F)F)ccc1F. The summed E-state index contributed by atoms with van der Waals surface area (Å²) in [5.41, 5.74) is -2.16. The Hall–Kier alpha value is -2.05. The smallest absolute Gasteiger partial charge is 0.312 e. The lowest BCUT2D eigenvalue weighted by atomic mass is 10.2. The van der Waals surface area contributed by atoms with E-state index in [-0.39, 0.29) is 0 Å². The van der Waals surface area contributed by atoms with Gasteiger partial charge in [-0.2, -0.15) is 13.2 Å². The fraction of sp³-hybridized carbons (Fsp3) is 0.100. The van der Waals surface area contributed by atoms with Crippen molar-refractivity contribution in [3.8, 4) is 5.69 Å². The zero-order valence-electron chi connectivity index (χ0n) is 8.25. The molecule has 3 nitrogen and oxygen atoms in total. The van der Waals surface area contributed by atoms with Gasteiger partial charge in [0, 0.05) is 12.4 Å². The Morgan fingerprint density at radius 3 is 2.47 bits per heavy atom. The minimum absolute atomic E-state index is 0.439. The number of nitrogens with one attached hydrogen (secondary N) is 1. The van der Waals surface area contributed by atoms with Gasteiger partial charge in [0.2, 0.25) is 0 Å². The van der Waals surface area contributed by atoms with E-state index in [2.05, 4.69) is 4.98 Å². The molecule has 1 aromatic carbocycles. The first kappa shape index (κ1) is 11.4. The summed E-state index contributed by atoms with van der Waals surface area (Å²) in [6.45, 7) is 0. The van der Waals surface area contributed by atoms with Gasteiger partial charge in [0.15, 0.2) is 0 Å². The van der Waals surface area contributed by atoms with Crippen molar-refractivity contribution in [3.63, 3.8) is 0 Å². The lowest BCUT2D eigenvalue weighted by Gasteiger charge is -2.09. The summed E-state index contributed by atoms with van der Waals surface area (Å²) in [5, 5.41) is 0. The lowest BCUT2D eigenvalue weighted by Crippen LogP contribution is -2.16. The van der Waals surface area contributed by atoms with E-state index in [1.54, 1.807) is 0 Å². The van der Waals surface area contributed by atoms with Crippen molar-refractivity contribution in [2.45, 2.75) is 6.18 Å². The van der Waals surface area contributed by atoms with Gasteiger partial charge in [-0.1, -0.05) is 0 Å². The van der Waals surface area contributed by atoms with Gasteiger partial charge in [-0.3, -0.25) is 4.57 Å². The Morgan fingerprint density at radius 2 is 1.94 bits per heavy atom. The zero-order chi connectivity index (χ0) is 12.6. The lowest BCUT2D eigenvalue weighted by molar-refractivity contribution is -0.137. The van der Waals surface area contributed by atoms with E-state index in [0.717, 1.165) is 10.8 Å². The van der Waals surface area contributed by atoms with Gasteiger partial charge in [0.1, 0.15) is 5.82 Å². The third-order valence-electron chi connectivity index (χ3n) is 2.18. The molecule has 0 fully saturated rings. The predicted octanol–water partition coefficient (Wildman–Crippen LogP) is 2.32. The molecule has 0 aliphatic heterocycles. The molecule has 0 atom stereocenters. The van der Waals surface area contributed by atoms with Crippen molar-refractivity contribution >= 4 is 0 Å². The van der Waals surface area contributed by atoms with E-state index in [4.69, 9.17) is 0 Å². The molecule has 0 radical (unpaired) electrons. The van der Waals surface area contributed by atoms with Crippen molar-refractivity contribution in [2.75, 3.05) is 0 Å². The average Bonchev–Trinajstić information content (AvgIpc) is 2.63. The number of aromatic nitrogens is 2. The Balaban J connectivity index is 2.63. The van der Waals surface area contributed by atoms with Crippen LogP contribution in [-0.2, 0) is 6.18 Å². The molecule has 0 spiro atoms. The first-order valence-electron chi connectivity index (χ1n) is 4.53. The molecule has 0 unspecified atom stereocenters. The fourth-order valence-electron chi connectivity index (χ4n) is 1.38. The standard InChI is InChI=1S/C10H6F4N2O/c11-7-2-1-6(10(12,13)14)5-8(7)16-4-3-15-9(16)17/h1-5H,(H,15,17). The zero-order valence-corrected chi connectivity index (χ0v) is 8.25. The minimum Gasteiger partial charge on any atom is -0.312 e. The largest absolute Gasteiger partial charge is 0.416 e. The third kappa shape index (κ3) is 2.08. The molecule has 0 bridgehead atoms. The normalized spacial score (nSPS) is 11.8. The van der Waals surface area contributed by atoms with Crippen LogP contribution in [0.5, 0.6) is 0 Å². The Labute approximate surface area is 92.3 Å². The van der Waals surface area contributed by atoms with Crippen molar-refractivity contribution in [2.24, 2.45) is 0 Å². The maximum absolute atomic E-state index is 13.4. The van der Waals surface area contributed by atoms with Crippen LogP contribution in [0.25, 0.3) is 5.69 Å². The van der Waals surface area contributed by atoms with Crippen LogP contribution in [0.15, 0.2) is 35.4 Å². The molecule has 0 saturated heterocycles. The second-order valence-corrected chi connectivity index (χ2v) is 3.30. The molecule has 1 aromatic heterocycles. The van der Waals surface area contributed by atoms with Crippen LogP contribution < -0.4 is 5.69 Å². The molecule has 90 valence electrons. The molecule has 0 amide bonds. The maximum atomic E-state index is 13.4. The first-order valence-corrected chi connectivity index (χ1v) is 4.53. The molecule has 17 heavy (non-hydrogen) atoms. The molecule has 0 saturated carbocycles. The summed E-state index contributed by atoms with van der Waals surface area (Å²) >= 11 is 0. The molecule has 0 aliphatic rings. The highest BCUT2D eigenvalue weighted by molar-refractivity contribution is 5.38. The van der Waals surface area contributed by atoms with Crippen LogP contribution in [0.3, 0.4) is 0 Å². The maximum Gasteiger partial charge on any atom is 0.416 e. The number of benzene rings is 1. The average molecular weight is 246 g/mol. The molecule has 7 heteroatoms. The Morgan fingerprint density at radius 1 is 1.24 bits per heavy atom. The van der Waals surface area contributed by atoms with Crippen LogP contribution in [-0.4, -0.2) is 9.55 Å². The van der Waals surface area contributed by atoms with Crippen molar-refractivity contribution in [1.29, 1.82) is 0 Å². The van der Waals surface area contributed by atoms with Crippen LogP contribution in [0.1, 0.15) is 5.56 Å². The van der Waals surface area contributed by atoms with Gasteiger partial charge in [0.25, 0.3) is 0 Å². The summed E-state index contributed by atoms with van der Waals surface area (Å²) in [7, 11) is 0. The number of H-pyrrole nitrogens is 1. The third-order valence-corrected chi connectivity index (χ3v) is 2.18. The molecule has 2 rings (SSSR count). The summed E-state index contributed by atoms with van der Waals surface area (Å²) in [6.07, 6.45) is -2.22. The van der Waals surface area contributed by atoms with E-state index >= 15 is 0 Å². The van der Waals surface area contributed by atoms with Crippen LogP contribution in [0.2, 0.25) is 0 Å². The molecule has 1 N–H and O–H groups in total. The molecular formula is C10H6F4N2O. The summed E-state index contributed by atoms with van der Waals surface area (Å²) in [4.78, 5) is 13.4. The highest BCUT2D eigenvalue weighted by Gasteiger charge is 2.31. The topological polar surface area (TPSA) is 37.8 Å². The molecule has 2 aromatic rings. The van der Waals surface area contributed by atoms with E-state index in [1.807, 2.05) is 0 Å². The second kappa shape index (κ2) is 3.76. The number of hydrogen-bond donors (Lipinski definition) is 1. The van der Waals surface area contributed by atoms with Crippen molar-refractivity contribution in [3.05, 3.63) is 52.5 Å². The Bertz CT molecular complexity index is 597. The fourth-order valence-corrected chi connectivity index (χ4v) is 1.38. The van der Waals surface area contributed by atoms with E-state index in [1.165, 1.54) is 6.20 Å². The van der Waals surface area contributed by atoms with Gasteiger partial charge in [-0.15, -0.1) is 0 Å². The minimum atomic E-state index is -4.58. The van der Waals surface area contributed by atoms with Crippen molar-refractivity contribution < 1.29 is 17.6 Å². The van der Waals surface area contributed by atoms with Crippen LogP contribution in [0, 0.1) is 5.82 Å². The highest BCUT2D eigenvalue weighted by atomic mass is 19.4. The van der Waals surface area contributed by atoms with E-state index < -0.39 is 28.9 Å². The number of alkyl halides is 3. The van der Waals surface area contributed by atoms with Gasteiger partial charge in [-0.25, -0.2) is 9.18 Å². The van der Waals surface area contributed by atoms with Gasteiger partial charge < -0.3 is 4.98 Å². The van der Waals surface area contributed by atoms with E-state index in [0.29, 0.717) is 18.2 Å². The van der Waals surface area contributed by atoms with Gasteiger partial charge in [-0.05, 0) is 18.2 Å². The number of halogens is 4. The quantitative estimate of drug-likeness (QED) is 0.770. The number of imidazole rings is 1. The monoisotopic (exact) mass is 246 g/mol. The van der Waals surface area contributed by atoms with Crippen molar-refractivity contribution in [1.82, 2.24) is 9.55 Å². The summed E-state index contributed by atoms with van der Waals surface area (Å²) in [6, 6.07) is 1.89. The number of rotatable bonds is 1. The summed E-state index contributed by atoms with van der Waals surface area (Å²) < 4.78 is 51.4. The first-order chi connectivity index (χ1) is 7.89. The second-order valence-electron chi connectivity index (χ2n) is 3.30. The van der Waals surface area contributed by atoms with Crippen LogP contribution >= 0.6 is 0 Å². The summed E-state index contributed by atoms with van der Waals surface area (Å²) in [5.74, 6) is -0.903. The number of nitrogens with zero attached hydrogens (tertiary/aromatic N) is 1. The number of aromatic amines is 1. The molecule has 0 aliphatic carbocycles. The Kier molecular flexibility index (Phi) is 2.53. The van der Waals surface area contributed by atoms with Gasteiger partial charge in [0.05, 0.1) is 11.3 Å².